The molecular weight excluding hydrogens is 338 g/mol. The van der Waals surface area contributed by atoms with Gasteiger partial charge in [0.15, 0.2) is 5.69 Å². The molecule has 2 aromatic heterocycles. The molecule has 0 radical (unpaired) electrons. The molecule has 4 aromatic rings. The quantitative estimate of drug-likeness (QED) is 0.599. The fraction of sp³-hybridized carbons (Fsp3) is 0.190. The third kappa shape index (κ3) is 2.52. The van der Waals surface area contributed by atoms with Gasteiger partial charge in [0.25, 0.3) is 5.91 Å². The highest BCUT2D eigenvalue weighted by molar-refractivity contribution is 6.04. The molecule has 27 heavy (non-hydrogen) atoms. The van der Waals surface area contributed by atoms with Gasteiger partial charge >= 0.3 is 0 Å². The van der Waals surface area contributed by atoms with Gasteiger partial charge in [0.1, 0.15) is 0 Å². The number of nitrogens with zero attached hydrogens (tertiary/aromatic N) is 4. The third-order valence-electron chi connectivity index (χ3n) is 5.21. The minimum atomic E-state index is -0.0509. The molecule has 1 N–H and O–H groups in total. The molecule has 1 aliphatic rings. The van der Waals surface area contributed by atoms with Crippen molar-refractivity contribution in [2.24, 2.45) is 7.05 Å². The minimum Gasteiger partial charge on any atom is -0.331 e. The second-order valence-corrected chi connectivity index (χ2v) is 6.86. The van der Waals surface area contributed by atoms with Crippen LogP contribution in [0.25, 0.3) is 22.2 Å². The van der Waals surface area contributed by atoms with Crippen LogP contribution in [0, 0.1) is 0 Å². The summed E-state index contributed by atoms with van der Waals surface area (Å²) >= 11 is 0. The molecule has 0 saturated heterocycles. The molecule has 1 aliphatic heterocycles. The summed E-state index contributed by atoms with van der Waals surface area (Å²) in [6, 6.07) is 18.0. The molecular formula is C21H19N5O. The normalized spacial score (nSPS) is 13.7. The van der Waals surface area contributed by atoms with Crippen LogP contribution in [0.15, 0.2) is 54.6 Å². The SMILES string of the molecule is Cn1nc2c(c1-c1ccccc1)CCN(C(=O)c1n[nH]c3ccccc13)C2. The number of carbonyl (C=O) groups is 1. The molecule has 3 heterocycles. The number of para-hydroxylation sites is 1. The number of fused-ring (bicyclic) bond motifs is 2. The Morgan fingerprint density at radius 3 is 2.70 bits per heavy atom. The van der Waals surface area contributed by atoms with Crippen LogP contribution in [0.2, 0.25) is 0 Å². The number of rotatable bonds is 2. The van der Waals surface area contributed by atoms with E-state index in [1.165, 1.54) is 5.56 Å². The Morgan fingerprint density at radius 1 is 1.07 bits per heavy atom. The average molecular weight is 357 g/mol. The van der Waals surface area contributed by atoms with Gasteiger partial charge in [-0.1, -0.05) is 48.5 Å². The number of H-pyrrole nitrogens is 1. The van der Waals surface area contributed by atoms with E-state index >= 15 is 0 Å². The van der Waals surface area contributed by atoms with Gasteiger partial charge in [0.2, 0.25) is 0 Å². The number of carbonyl (C=O) groups excluding carboxylic acids is 1. The highest BCUT2D eigenvalue weighted by Gasteiger charge is 2.29. The monoisotopic (exact) mass is 357 g/mol. The van der Waals surface area contributed by atoms with Crippen molar-refractivity contribution in [1.29, 1.82) is 0 Å². The Hall–Kier alpha value is -3.41. The number of hydrogen-bond donors (Lipinski definition) is 1. The standard InChI is InChI=1S/C21H19N5O/c1-25-20(14-7-3-2-4-8-14)16-11-12-26(13-18(16)24-25)21(27)19-15-9-5-6-10-17(15)22-23-19/h2-10H,11-13H2,1H3,(H,22,23). The molecule has 0 aliphatic carbocycles. The summed E-state index contributed by atoms with van der Waals surface area (Å²) in [5.41, 5.74) is 5.86. The van der Waals surface area contributed by atoms with Crippen molar-refractivity contribution in [2.75, 3.05) is 6.54 Å². The lowest BCUT2D eigenvalue weighted by Crippen LogP contribution is -2.36. The average Bonchev–Trinajstić information content (AvgIpc) is 3.27. The predicted octanol–water partition coefficient (Wildman–Crippen LogP) is 3.16. The van der Waals surface area contributed by atoms with E-state index in [4.69, 9.17) is 5.10 Å². The molecule has 1 amide bonds. The van der Waals surface area contributed by atoms with E-state index in [1.54, 1.807) is 0 Å². The van der Waals surface area contributed by atoms with E-state index < -0.39 is 0 Å². The maximum absolute atomic E-state index is 13.1. The molecule has 5 rings (SSSR count). The Morgan fingerprint density at radius 2 is 1.85 bits per heavy atom. The zero-order valence-corrected chi connectivity index (χ0v) is 15.0. The van der Waals surface area contributed by atoms with E-state index in [1.807, 2.05) is 59.1 Å². The molecule has 0 unspecified atom stereocenters. The molecule has 6 heteroatoms. The number of hydrogen-bond acceptors (Lipinski definition) is 3. The predicted molar refractivity (Wildman–Crippen MR) is 103 cm³/mol. The Bertz CT molecular complexity index is 1140. The van der Waals surface area contributed by atoms with Crippen LogP contribution in [0.3, 0.4) is 0 Å². The first-order chi connectivity index (χ1) is 13.2. The third-order valence-corrected chi connectivity index (χ3v) is 5.21. The fourth-order valence-electron chi connectivity index (χ4n) is 3.93. The summed E-state index contributed by atoms with van der Waals surface area (Å²) in [4.78, 5) is 14.9. The van der Waals surface area contributed by atoms with Crippen LogP contribution in [-0.4, -0.2) is 37.3 Å². The van der Waals surface area contributed by atoms with Crippen molar-refractivity contribution >= 4 is 16.8 Å². The van der Waals surface area contributed by atoms with Crippen LogP contribution in [-0.2, 0) is 20.0 Å². The Kier molecular flexibility index (Phi) is 3.57. The second-order valence-electron chi connectivity index (χ2n) is 6.86. The highest BCUT2D eigenvalue weighted by Crippen LogP contribution is 2.30. The first kappa shape index (κ1) is 15.8. The summed E-state index contributed by atoms with van der Waals surface area (Å²) < 4.78 is 1.93. The summed E-state index contributed by atoms with van der Waals surface area (Å²) in [5.74, 6) is -0.0509. The van der Waals surface area contributed by atoms with Crippen molar-refractivity contribution in [2.45, 2.75) is 13.0 Å². The summed E-state index contributed by atoms with van der Waals surface area (Å²) in [6.07, 6.45) is 0.793. The number of aromatic nitrogens is 4. The van der Waals surface area contributed by atoms with Gasteiger partial charge in [-0.2, -0.15) is 10.2 Å². The lowest BCUT2D eigenvalue weighted by Gasteiger charge is -2.26. The molecule has 134 valence electrons. The smallest absolute Gasteiger partial charge is 0.275 e. The van der Waals surface area contributed by atoms with E-state index in [0.717, 1.165) is 34.3 Å². The zero-order valence-electron chi connectivity index (χ0n) is 15.0. The lowest BCUT2D eigenvalue weighted by molar-refractivity contribution is 0.0728. The van der Waals surface area contributed by atoms with Crippen molar-refractivity contribution in [1.82, 2.24) is 24.9 Å². The van der Waals surface area contributed by atoms with Crippen molar-refractivity contribution in [3.63, 3.8) is 0 Å². The Labute approximate surface area is 156 Å². The van der Waals surface area contributed by atoms with Crippen molar-refractivity contribution in [3.8, 4) is 11.3 Å². The molecule has 0 fully saturated rings. The van der Waals surface area contributed by atoms with Crippen LogP contribution < -0.4 is 0 Å². The summed E-state index contributed by atoms with van der Waals surface area (Å²) in [5, 5.41) is 12.8. The van der Waals surface area contributed by atoms with Crippen molar-refractivity contribution in [3.05, 3.63) is 71.5 Å². The highest BCUT2D eigenvalue weighted by atomic mass is 16.2. The maximum atomic E-state index is 13.1. The number of benzene rings is 2. The van der Waals surface area contributed by atoms with Crippen LogP contribution in [0.1, 0.15) is 21.7 Å². The van der Waals surface area contributed by atoms with Gasteiger partial charge in [-0.25, -0.2) is 0 Å². The second kappa shape index (κ2) is 6.09. The first-order valence-corrected chi connectivity index (χ1v) is 9.05. The minimum absolute atomic E-state index is 0.0509. The summed E-state index contributed by atoms with van der Waals surface area (Å²) in [7, 11) is 1.97. The number of aryl methyl sites for hydroxylation is 1. The maximum Gasteiger partial charge on any atom is 0.275 e. The van der Waals surface area contributed by atoms with Crippen molar-refractivity contribution < 1.29 is 4.79 Å². The largest absolute Gasteiger partial charge is 0.331 e. The molecule has 6 nitrogen and oxygen atoms in total. The van der Waals surface area contributed by atoms with E-state index in [-0.39, 0.29) is 5.91 Å². The zero-order chi connectivity index (χ0) is 18.4. The van der Waals surface area contributed by atoms with E-state index in [2.05, 4.69) is 22.3 Å². The van der Waals surface area contributed by atoms with E-state index in [0.29, 0.717) is 18.8 Å². The van der Waals surface area contributed by atoms with Gasteiger partial charge in [-0.15, -0.1) is 0 Å². The van der Waals surface area contributed by atoms with Gasteiger partial charge in [-0.3, -0.25) is 14.6 Å². The van der Waals surface area contributed by atoms with Crippen LogP contribution in [0.5, 0.6) is 0 Å². The van der Waals surface area contributed by atoms with Crippen LogP contribution >= 0.6 is 0 Å². The number of aromatic amines is 1. The topological polar surface area (TPSA) is 66.8 Å². The fourth-order valence-corrected chi connectivity index (χ4v) is 3.93. The lowest BCUT2D eigenvalue weighted by atomic mass is 9.99. The molecule has 0 saturated carbocycles. The van der Waals surface area contributed by atoms with Gasteiger partial charge in [0.05, 0.1) is 23.4 Å². The van der Waals surface area contributed by atoms with Gasteiger partial charge in [0, 0.05) is 30.1 Å². The van der Waals surface area contributed by atoms with Gasteiger partial charge in [-0.05, 0) is 12.5 Å². The summed E-state index contributed by atoms with van der Waals surface area (Å²) in [6.45, 7) is 1.18. The molecule has 0 bridgehead atoms. The number of nitrogens with one attached hydrogen (secondary N) is 1. The molecule has 0 spiro atoms. The van der Waals surface area contributed by atoms with Gasteiger partial charge < -0.3 is 4.90 Å². The number of amides is 1. The molecule has 0 atom stereocenters. The van der Waals surface area contributed by atoms with E-state index in [9.17, 15) is 4.79 Å². The Balaban J connectivity index is 1.48. The van der Waals surface area contributed by atoms with Crippen LogP contribution in [0.4, 0.5) is 0 Å². The first-order valence-electron chi connectivity index (χ1n) is 9.05. The molecule has 2 aromatic carbocycles.